The number of hydrogen-bond acceptors (Lipinski definition) is 6. The highest BCUT2D eigenvalue weighted by molar-refractivity contribution is 7.11. The van der Waals surface area contributed by atoms with Gasteiger partial charge in [0, 0.05) is 23.8 Å². The zero-order valence-corrected chi connectivity index (χ0v) is 14.3. The van der Waals surface area contributed by atoms with Gasteiger partial charge in [0.2, 0.25) is 5.65 Å². The molecule has 0 amide bonds. The third kappa shape index (κ3) is 2.69. The number of aromatic nitrogens is 5. The lowest BCUT2D eigenvalue weighted by Crippen LogP contribution is -2.23. The van der Waals surface area contributed by atoms with Crippen LogP contribution < -0.4 is 4.90 Å². The standard InChI is InChI=1S/C16H20N6S/c1-3-21(15-16-20-18-10-22(16)7-6-17-15)9-14-19-12-5-4-11(2)8-13(12)23-14/h6-7,10-11H,3-5,8-9H2,1-2H3. The number of nitrogens with zero attached hydrogens (tertiary/aromatic N) is 6. The van der Waals surface area contributed by atoms with Crippen molar-refractivity contribution < 1.29 is 0 Å². The van der Waals surface area contributed by atoms with Gasteiger partial charge in [-0.3, -0.25) is 4.40 Å². The molecule has 1 aliphatic carbocycles. The van der Waals surface area contributed by atoms with Crippen LogP contribution in [-0.4, -0.2) is 31.1 Å². The maximum atomic E-state index is 4.87. The average Bonchev–Trinajstić information content (AvgIpc) is 3.17. The summed E-state index contributed by atoms with van der Waals surface area (Å²) < 4.78 is 1.90. The van der Waals surface area contributed by atoms with Crippen LogP contribution >= 0.6 is 11.3 Å². The van der Waals surface area contributed by atoms with E-state index in [4.69, 9.17) is 4.98 Å². The number of rotatable bonds is 4. The van der Waals surface area contributed by atoms with Crippen molar-refractivity contribution in [2.24, 2.45) is 5.92 Å². The molecular weight excluding hydrogens is 308 g/mol. The van der Waals surface area contributed by atoms with Gasteiger partial charge in [0.1, 0.15) is 11.3 Å². The Morgan fingerprint density at radius 1 is 1.43 bits per heavy atom. The van der Waals surface area contributed by atoms with Gasteiger partial charge in [-0.25, -0.2) is 9.97 Å². The van der Waals surface area contributed by atoms with Crippen molar-refractivity contribution in [2.75, 3.05) is 11.4 Å². The molecule has 0 N–H and O–H groups in total. The number of hydrogen-bond donors (Lipinski definition) is 0. The summed E-state index contributed by atoms with van der Waals surface area (Å²) in [5, 5.41) is 9.35. The molecule has 0 fully saturated rings. The van der Waals surface area contributed by atoms with Crippen LogP contribution in [0.1, 0.15) is 35.8 Å². The molecule has 120 valence electrons. The normalized spacial score (nSPS) is 17.4. The largest absolute Gasteiger partial charge is 0.347 e. The van der Waals surface area contributed by atoms with Crippen LogP contribution in [0.3, 0.4) is 0 Å². The Bertz CT molecular complexity index is 823. The Hall–Kier alpha value is -2.02. The third-order valence-corrected chi connectivity index (χ3v) is 5.54. The fraction of sp³-hybridized carbons (Fsp3) is 0.500. The molecule has 0 aromatic carbocycles. The molecule has 3 heterocycles. The molecule has 0 radical (unpaired) electrons. The van der Waals surface area contributed by atoms with Gasteiger partial charge in [0.15, 0.2) is 5.82 Å². The van der Waals surface area contributed by atoms with E-state index in [-0.39, 0.29) is 0 Å². The monoisotopic (exact) mass is 328 g/mol. The molecule has 7 heteroatoms. The van der Waals surface area contributed by atoms with E-state index in [1.165, 1.54) is 28.4 Å². The summed E-state index contributed by atoms with van der Waals surface area (Å²) in [7, 11) is 0. The van der Waals surface area contributed by atoms with Gasteiger partial charge in [-0.1, -0.05) is 6.92 Å². The first-order valence-electron chi connectivity index (χ1n) is 8.11. The molecule has 0 saturated heterocycles. The molecule has 1 aliphatic rings. The lowest BCUT2D eigenvalue weighted by atomic mass is 9.93. The van der Waals surface area contributed by atoms with E-state index < -0.39 is 0 Å². The van der Waals surface area contributed by atoms with Gasteiger partial charge in [-0.05, 0) is 32.1 Å². The smallest absolute Gasteiger partial charge is 0.203 e. The Morgan fingerprint density at radius 2 is 2.35 bits per heavy atom. The Kier molecular flexibility index (Phi) is 3.72. The summed E-state index contributed by atoms with van der Waals surface area (Å²) in [6.07, 6.45) is 8.93. The van der Waals surface area contributed by atoms with Crippen molar-refractivity contribution >= 4 is 22.8 Å². The Labute approximate surface area is 139 Å². The molecule has 3 aromatic rings. The van der Waals surface area contributed by atoms with Gasteiger partial charge in [0.05, 0.1) is 12.2 Å². The minimum atomic E-state index is 0.780. The molecule has 0 bridgehead atoms. The second kappa shape index (κ2) is 5.88. The second-order valence-corrected chi connectivity index (χ2v) is 7.32. The number of anilines is 1. The van der Waals surface area contributed by atoms with Crippen LogP contribution in [0.5, 0.6) is 0 Å². The van der Waals surface area contributed by atoms with Gasteiger partial charge >= 0.3 is 0 Å². The molecule has 0 spiro atoms. The summed E-state index contributed by atoms with van der Waals surface area (Å²) >= 11 is 1.86. The molecule has 6 nitrogen and oxygen atoms in total. The quantitative estimate of drug-likeness (QED) is 0.737. The average molecular weight is 328 g/mol. The topological polar surface area (TPSA) is 59.2 Å². The number of thiazole rings is 1. The van der Waals surface area contributed by atoms with Crippen molar-refractivity contribution in [2.45, 2.75) is 39.7 Å². The van der Waals surface area contributed by atoms with Gasteiger partial charge in [-0.15, -0.1) is 21.5 Å². The van der Waals surface area contributed by atoms with Crippen LogP contribution in [0.15, 0.2) is 18.7 Å². The molecule has 0 saturated carbocycles. The van der Waals surface area contributed by atoms with Gasteiger partial charge < -0.3 is 4.90 Å². The van der Waals surface area contributed by atoms with E-state index in [9.17, 15) is 0 Å². The number of fused-ring (bicyclic) bond motifs is 2. The van der Waals surface area contributed by atoms with E-state index in [0.29, 0.717) is 0 Å². The summed E-state index contributed by atoms with van der Waals surface area (Å²) in [4.78, 5) is 13.1. The van der Waals surface area contributed by atoms with Crippen LogP contribution in [0.25, 0.3) is 5.65 Å². The fourth-order valence-corrected chi connectivity index (χ4v) is 4.42. The third-order valence-electron chi connectivity index (χ3n) is 4.43. The van der Waals surface area contributed by atoms with Crippen molar-refractivity contribution in [3.63, 3.8) is 0 Å². The van der Waals surface area contributed by atoms with E-state index in [0.717, 1.165) is 36.9 Å². The lowest BCUT2D eigenvalue weighted by Gasteiger charge is -2.20. The molecular formula is C16H20N6S. The zero-order chi connectivity index (χ0) is 15.8. The fourth-order valence-electron chi connectivity index (χ4n) is 3.13. The summed E-state index contributed by atoms with van der Waals surface area (Å²) in [6, 6.07) is 0. The predicted octanol–water partition coefficient (Wildman–Crippen LogP) is 2.73. The first-order chi connectivity index (χ1) is 11.2. The van der Waals surface area contributed by atoms with Crippen LogP contribution in [-0.2, 0) is 19.4 Å². The minimum Gasteiger partial charge on any atom is -0.347 e. The molecule has 1 atom stereocenters. The van der Waals surface area contributed by atoms with Crippen LogP contribution in [0.4, 0.5) is 5.82 Å². The van der Waals surface area contributed by atoms with Gasteiger partial charge in [-0.2, -0.15) is 0 Å². The second-order valence-electron chi connectivity index (χ2n) is 6.15. The van der Waals surface area contributed by atoms with Crippen molar-refractivity contribution in [1.82, 2.24) is 24.6 Å². The lowest BCUT2D eigenvalue weighted by molar-refractivity contribution is 0.501. The minimum absolute atomic E-state index is 0.780. The van der Waals surface area contributed by atoms with Crippen molar-refractivity contribution in [1.29, 1.82) is 0 Å². The SMILES string of the molecule is CCN(Cc1nc2c(s1)CC(C)CC2)c1nccn2cnnc12. The Balaban J connectivity index is 1.63. The molecule has 4 rings (SSSR count). The first-order valence-corrected chi connectivity index (χ1v) is 8.93. The molecule has 0 aliphatic heterocycles. The highest BCUT2D eigenvalue weighted by Crippen LogP contribution is 2.31. The molecule has 3 aromatic heterocycles. The first kappa shape index (κ1) is 14.6. The highest BCUT2D eigenvalue weighted by atomic mass is 32.1. The Morgan fingerprint density at radius 3 is 3.22 bits per heavy atom. The van der Waals surface area contributed by atoms with Crippen LogP contribution in [0.2, 0.25) is 0 Å². The maximum absolute atomic E-state index is 4.87. The van der Waals surface area contributed by atoms with Crippen molar-refractivity contribution in [3.8, 4) is 0 Å². The summed E-state index contributed by atoms with van der Waals surface area (Å²) in [6.45, 7) is 6.11. The van der Waals surface area contributed by atoms with E-state index >= 15 is 0 Å². The predicted molar refractivity (Wildman–Crippen MR) is 90.8 cm³/mol. The van der Waals surface area contributed by atoms with E-state index in [1.54, 1.807) is 12.5 Å². The summed E-state index contributed by atoms with van der Waals surface area (Å²) in [5.74, 6) is 1.65. The van der Waals surface area contributed by atoms with E-state index in [1.807, 2.05) is 21.9 Å². The summed E-state index contributed by atoms with van der Waals surface area (Å²) in [5.41, 5.74) is 2.11. The van der Waals surface area contributed by atoms with E-state index in [2.05, 4.69) is 33.9 Å². The molecule has 23 heavy (non-hydrogen) atoms. The van der Waals surface area contributed by atoms with Crippen molar-refractivity contribution in [3.05, 3.63) is 34.3 Å². The highest BCUT2D eigenvalue weighted by Gasteiger charge is 2.21. The van der Waals surface area contributed by atoms with Gasteiger partial charge in [0.25, 0.3) is 0 Å². The number of aryl methyl sites for hydroxylation is 1. The molecule has 1 unspecified atom stereocenters. The maximum Gasteiger partial charge on any atom is 0.203 e. The zero-order valence-electron chi connectivity index (χ0n) is 13.4. The van der Waals surface area contributed by atoms with Crippen LogP contribution in [0, 0.1) is 5.92 Å².